The molecule has 0 N–H and O–H groups in total. The monoisotopic (exact) mass is 459 g/mol. The quantitative estimate of drug-likeness (QED) is 0.483. The number of hydrogen-bond acceptors (Lipinski definition) is 6. The molecular weight excluding hydrogens is 441 g/mol. The van der Waals surface area contributed by atoms with Gasteiger partial charge in [0, 0.05) is 17.6 Å². The van der Waals surface area contributed by atoms with Crippen LogP contribution in [-0.4, -0.2) is 52.5 Å². The van der Waals surface area contributed by atoms with Gasteiger partial charge in [-0.2, -0.15) is 0 Å². The molecule has 3 rings (SSSR count). The number of aromatic nitrogens is 2. The number of carbonyl (C=O) groups excluding carboxylic acids is 1. The maximum Gasteiger partial charge on any atom is 0.274 e. The van der Waals surface area contributed by atoms with Crippen molar-refractivity contribution >= 4 is 50.7 Å². The normalized spacial score (nSPS) is 18.2. The molecule has 6 nitrogen and oxygen atoms in total. The number of carbonyl (C=O) groups is 1. The minimum atomic E-state index is -3.18. The standard InChI is InChI=1S/C18H19Cl2N3O3S2/c1-2-27-18-21-9-15(20)16(22-18)17(24)23(13-7-8-28(25,26)11-13)10-12-5-3-4-6-14(12)19/h3-6,9,13H,2,7-8,10-11H2,1H3/t13-/m0/s1. The summed E-state index contributed by atoms with van der Waals surface area (Å²) in [5.74, 6) is 0.299. The molecule has 1 aromatic carbocycles. The Morgan fingerprint density at radius 2 is 2.04 bits per heavy atom. The van der Waals surface area contributed by atoms with Gasteiger partial charge in [-0.05, 0) is 23.8 Å². The average molecular weight is 460 g/mol. The first-order valence-electron chi connectivity index (χ1n) is 8.71. The van der Waals surface area contributed by atoms with Crippen LogP contribution in [0.15, 0.2) is 35.6 Å². The van der Waals surface area contributed by atoms with Gasteiger partial charge in [0.1, 0.15) is 0 Å². The van der Waals surface area contributed by atoms with Crippen molar-refractivity contribution < 1.29 is 13.2 Å². The summed E-state index contributed by atoms with van der Waals surface area (Å²) in [5, 5.41) is 1.10. The maximum atomic E-state index is 13.3. The molecule has 1 aromatic heterocycles. The number of amides is 1. The number of thioether (sulfide) groups is 1. The van der Waals surface area contributed by atoms with Crippen molar-refractivity contribution in [2.45, 2.75) is 31.1 Å². The largest absolute Gasteiger partial charge is 0.329 e. The topological polar surface area (TPSA) is 80.2 Å². The fourth-order valence-electron chi connectivity index (χ4n) is 3.03. The highest BCUT2D eigenvalue weighted by Crippen LogP contribution is 2.27. The molecule has 10 heteroatoms. The number of rotatable bonds is 6. The van der Waals surface area contributed by atoms with Crippen molar-refractivity contribution in [3.63, 3.8) is 0 Å². The second-order valence-corrected chi connectivity index (χ2v) is 10.6. The Labute approximate surface area is 178 Å². The molecule has 2 heterocycles. The third-order valence-electron chi connectivity index (χ3n) is 4.41. The first-order chi connectivity index (χ1) is 13.3. The highest BCUT2D eigenvalue weighted by molar-refractivity contribution is 7.99. The second-order valence-electron chi connectivity index (χ2n) is 6.36. The summed E-state index contributed by atoms with van der Waals surface area (Å²) in [6.07, 6.45) is 1.77. The van der Waals surface area contributed by atoms with Crippen LogP contribution >= 0.6 is 35.0 Å². The van der Waals surface area contributed by atoms with Gasteiger partial charge in [0.15, 0.2) is 20.7 Å². The second kappa shape index (κ2) is 8.98. The molecule has 1 amide bonds. The zero-order valence-corrected chi connectivity index (χ0v) is 18.3. The Hall–Kier alpha value is -1.35. The first kappa shape index (κ1) is 21.4. The van der Waals surface area contributed by atoms with E-state index >= 15 is 0 Å². The zero-order chi connectivity index (χ0) is 20.3. The molecule has 0 bridgehead atoms. The van der Waals surface area contributed by atoms with Gasteiger partial charge < -0.3 is 4.90 Å². The van der Waals surface area contributed by atoms with Gasteiger partial charge >= 0.3 is 0 Å². The number of sulfone groups is 1. The van der Waals surface area contributed by atoms with E-state index in [-0.39, 0.29) is 28.8 Å². The molecule has 150 valence electrons. The van der Waals surface area contributed by atoms with Gasteiger partial charge in [-0.15, -0.1) is 0 Å². The third-order valence-corrected chi connectivity index (χ3v) is 7.55. The summed E-state index contributed by atoms with van der Waals surface area (Å²) in [6, 6.07) is 6.71. The van der Waals surface area contributed by atoms with Crippen LogP contribution in [-0.2, 0) is 16.4 Å². The summed E-state index contributed by atoms with van der Waals surface area (Å²) in [4.78, 5) is 23.3. The van der Waals surface area contributed by atoms with E-state index in [1.807, 2.05) is 19.1 Å². The lowest BCUT2D eigenvalue weighted by Gasteiger charge is -2.28. The van der Waals surface area contributed by atoms with Gasteiger partial charge in [0.2, 0.25) is 0 Å². The molecule has 2 aromatic rings. The Morgan fingerprint density at radius 3 is 2.68 bits per heavy atom. The highest BCUT2D eigenvalue weighted by Gasteiger charge is 2.36. The minimum absolute atomic E-state index is 0.0540. The summed E-state index contributed by atoms with van der Waals surface area (Å²) in [7, 11) is -3.18. The van der Waals surface area contributed by atoms with Crippen LogP contribution in [0.2, 0.25) is 10.0 Å². The van der Waals surface area contributed by atoms with E-state index in [2.05, 4.69) is 9.97 Å². The molecule has 1 saturated heterocycles. The van der Waals surface area contributed by atoms with Crippen molar-refractivity contribution in [2.75, 3.05) is 17.3 Å². The van der Waals surface area contributed by atoms with Crippen LogP contribution in [0.1, 0.15) is 29.4 Å². The molecule has 0 saturated carbocycles. The third kappa shape index (κ3) is 4.97. The molecule has 1 fully saturated rings. The smallest absolute Gasteiger partial charge is 0.274 e. The summed E-state index contributed by atoms with van der Waals surface area (Å²) in [6.45, 7) is 2.13. The van der Waals surface area contributed by atoms with Crippen molar-refractivity contribution in [1.82, 2.24) is 14.9 Å². The Balaban J connectivity index is 1.97. The van der Waals surface area contributed by atoms with E-state index in [9.17, 15) is 13.2 Å². The van der Waals surface area contributed by atoms with E-state index in [1.54, 1.807) is 12.1 Å². The van der Waals surface area contributed by atoms with E-state index in [0.29, 0.717) is 16.6 Å². The summed E-state index contributed by atoms with van der Waals surface area (Å²) in [5.41, 5.74) is 0.805. The lowest BCUT2D eigenvalue weighted by Crippen LogP contribution is -2.41. The van der Waals surface area contributed by atoms with Crippen molar-refractivity contribution in [3.05, 3.63) is 51.8 Å². The van der Waals surface area contributed by atoms with Gasteiger partial charge in [-0.1, -0.05) is 60.1 Å². The fourth-order valence-corrected chi connectivity index (χ4v) is 5.67. The van der Waals surface area contributed by atoms with E-state index < -0.39 is 21.8 Å². The fraction of sp³-hybridized carbons (Fsp3) is 0.389. The summed E-state index contributed by atoms with van der Waals surface area (Å²) >= 11 is 13.9. The molecule has 1 aliphatic heterocycles. The molecule has 0 spiro atoms. The van der Waals surface area contributed by atoms with Crippen LogP contribution < -0.4 is 0 Å². The molecule has 0 aliphatic carbocycles. The van der Waals surface area contributed by atoms with Crippen LogP contribution in [0.3, 0.4) is 0 Å². The Bertz CT molecular complexity index is 986. The lowest BCUT2D eigenvalue weighted by atomic mass is 10.1. The molecule has 28 heavy (non-hydrogen) atoms. The average Bonchev–Trinajstić information content (AvgIpc) is 3.02. The van der Waals surface area contributed by atoms with E-state index in [1.165, 1.54) is 22.9 Å². The van der Waals surface area contributed by atoms with Crippen LogP contribution in [0.4, 0.5) is 0 Å². The molecule has 0 radical (unpaired) electrons. The predicted octanol–water partition coefficient (Wildman–Crippen LogP) is 3.72. The van der Waals surface area contributed by atoms with Crippen LogP contribution in [0.5, 0.6) is 0 Å². The van der Waals surface area contributed by atoms with Gasteiger partial charge in [0.05, 0.1) is 22.7 Å². The Morgan fingerprint density at radius 1 is 1.29 bits per heavy atom. The van der Waals surface area contributed by atoms with Gasteiger partial charge in [0.25, 0.3) is 5.91 Å². The van der Waals surface area contributed by atoms with Crippen molar-refractivity contribution in [3.8, 4) is 0 Å². The van der Waals surface area contributed by atoms with E-state index in [0.717, 1.165) is 11.3 Å². The minimum Gasteiger partial charge on any atom is -0.329 e. The molecular formula is C18H19Cl2N3O3S2. The van der Waals surface area contributed by atoms with Crippen molar-refractivity contribution in [1.29, 1.82) is 0 Å². The van der Waals surface area contributed by atoms with E-state index in [4.69, 9.17) is 23.2 Å². The molecule has 1 aliphatic rings. The molecule has 1 atom stereocenters. The SMILES string of the molecule is CCSc1ncc(Cl)c(C(=O)N(Cc2ccccc2Cl)[C@H]2CCS(=O)(=O)C2)n1. The number of nitrogens with zero attached hydrogens (tertiary/aromatic N) is 3. The zero-order valence-electron chi connectivity index (χ0n) is 15.1. The first-order valence-corrected chi connectivity index (χ1v) is 12.3. The number of halogens is 2. The molecule has 0 unspecified atom stereocenters. The van der Waals surface area contributed by atoms with Crippen LogP contribution in [0, 0.1) is 0 Å². The number of benzene rings is 1. The Kier molecular flexibility index (Phi) is 6.85. The highest BCUT2D eigenvalue weighted by atomic mass is 35.5. The number of hydrogen-bond donors (Lipinski definition) is 0. The van der Waals surface area contributed by atoms with Crippen molar-refractivity contribution in [2.24, 2.45) is 0 Å². The maximum absolute atomic E-state index is 13.3. The summed E-state index contributed by atoms with van der Waals surface area (Å²) < 4.78 is 24.0. The van der Waals surface area contributed by atoms with Gasteiger partial charge in [-0.3, -0.25) is 4.79 Å². The lowest BCUT2D eigenvalue weighted by molar-refractivity contribution is 0.0674. The van der Waals surface area contributed by atoms with Gasteiger partial charge in [-0.25, -0.2) is 18.4 Å². The predicted molar refractivity (Wildman–Crippen MR) is 112 cm³/mol. The van der Waals surface area contributed by atoms with Crippen LogP contribution in [0.25, 0.3) is 0 Å².